The molecule has 1 fully saturated rings. The maximum Gasteiger partial charge on any atom is 0.318 e. The lowest BCUT2D eigenvalue weighted by molar-refractivity contribution is -0.122. The molecule has 1 saturated carbocycles. The highest BCUT2D eigenvalue weighted by Crippen LogP contribution is 2.47. The minimum atomic E-state index is -0.317. The fourth-order valence-electron chi connectivity index (χ4n) is 5.98. The Bertz CT molecular complexity index is 1570. The first kappa shape index (κ1) is 27.8. The van der Waals surface area contributed by atoms with Crippen LogP contribution in [0.2, 0.25) is 0 Å². The molecule has 2 heterocycles. The van der Waals surface area contributed by atoms with Gasteiger partial charge in [0.05, 0.1) is 12.7 Å². The molecule has 2 unspecified atom stereocenters. The Kier molecular flexibility index (Phi) is 7.58. The SMILES string of the molecule is CC(C)(C)NC(=O)N1CCc2c(-c3cnn(Cc4ccccc4)c3)ccc(CNC(=O)C3CC3c3ccccc3)c2C1. The second-order valence-electron chi connectivity index (χ2n) is 12.6. The second kappa shape index (κ2) is 11.5. The van der Waals surface area contributed by atoms with Crippen LogP contribution in [0.3, 0.4) is 0 Å². The van der Waals surface area contributed by atoms with Gasteiger partial charge in [0.15, 0.2) is 0 Å². The molecule has 1 aliphatic heterocycles. The maximum absolute atomic E-state index is 13.1. The number of amides is 3. The van der Waals surface area contributed by atoms with E-state index in [4.69, 9.17) is 0 Å². The van der Waals surface area contributed by atoms with Gasteiger partial charge in [0.25, 0.3) is 0 Å². The molecule has 3 aromatic carbocycles. The van der Waals surface area contributed by atoms with Crippen molar-refractivity contribution in [1.29, 1.82) is 0 Å². The molecule has 216 valence electrons. The van der Waals surface area contributed by atoms with E-state index in [1.807, 2.05) is 72.9 Å². The molecule has 3 amide bonds. The molecular formula is C35H39N5O2. The summed E-state index contributed by atoms with van der Waals surface area (Å²) in [5.41, 5.74) is 7.73. The highest BCUT2D eigenvalue weighted by Gasteiger charge is 2.43. The lowest BCUT2D eigenvalue weighted by Gasteiger charge is -2.34. The summed E-state index contributed by atoms with van der Waals surface area (Å²) in [7, 11) is 0. The quantitative estimate of drug-likeness (QED) is 0.296. The highest BCUT2D eigenvalue weighted by molar-refractivity contribution is 5.83. The van der Waals surface area contributed by atoms with Crippen molar-refractivity contribution in [3.05, 3.63) is 113 Å². The molecular weight excluding hydrogens is 522 g/mol. The van der Waals surface area contributed by atoms with Gasteiger partial charge >= 0.3 is 6.03 Å². The van der Waals surface area contributed by atoms with Crippen molar-refractivity contribution in [1.82, 2.24) is 25.3 Å². The van der Waals surface area contributed by atoms with Gasteiger partial charge in [-0.2, -0.15) is 5.10 Å². The van der Waals surface area contributed by atoms with E-state index < -0.39 is 0 Å². The molecule has 2 N–H and O–H groups in total. The van der Waals surface area contributed by atoms with Gasteiger partial charge in [-0.25, -0.2) is 4.79 Å². The number of urea groups is 1. The number of benzene rings is 3. The monoisotopic (exact) mass is 561 g/mol. The predicted octanol–water partition coefficient (Wildman–Crippen LogP) is 5.88. The summed E-state index contributed by atoms with van der Waals surface area (Å²) in [6, 6.07) is 24.8. The summed E-state index contributed by atoms with van der Waals surface area (Å²) < 4.78 is 1.97. The van der Waals surface area contributed by atoms with Gasteiger partial charge < -0.3 is 15.5 Å². The van der Waals surface area contributed by atoms with Gasteiger partial charge in [-0.05, 0) is 72.9 Å². The topological polar surface area (TPSA) is 79.3 Å². The van der Waals surface area contributed by atoms with Gasteiger partial charge in [-0.1, -0.05) is 72.8 Å². The molecule has 6 rings (SSSR count). The van der Waals surface area contributed by atoms with E-state index in [9.17, 15) is 9.59 Å². The number of fused-ring (bicyclic) bond motifs is 1. The number of nitrogens with zero attached hydrogens (tertiary/aromatic N) is 3. The zero-order chi connectivity index (χ0) is 29.3. The van der Waals surface area contributed by atoms with E-state index in [2.05, 4.69) is 58.3 Å². The van der Waals surface area contributed by atoms with Crippen molar-refractivity contribution in [2.45, 2.75) is 64.7 Å². The highest BCUT2D eigenvalue weighted by atomic mass is 16.2. The number of nitrogens with one attached hydrogen (secondary N) is 2. The van der Waals surface area contributed by atoms with Gasteiger partial charge in [0.1, 0.15) is 0 Å². The van der Waals surface area contributed by atoms with Crippen molar-refractivity contribution in [3.63, 3.8) is 0 Å². The van der Waals surface area contributed by atoms with Crippen LogP contribution >= 0.6 is 0 Å². The standard InChI is InChI=1S/C35H39N5O2/c1-35(2,3)38-34(42)39-17-16-29-28(27-20-37-40(22-27)21-24-10-6-4-7-11-24)15-14-26(32(29)23-39)19-36-33(41)31-18-30(31)25-12-8-5-9-13-25/h4-15,20,22,30-31H,16-19,21,23H2,1-3H3,(H,36,41)(H,38,42). The van der Waals surface area contributed by atoms with Crippen molar-refractivity contribution < 1.29 is 9.59 Å². The van der Waals surface area contributed by atoms with Crippen molar-refractivity contribution in [2.75, 3.05) is 6.54 Å². The van der Waals surface area contributed by atoms with Crippen LogP contribution in [-0.4, -0.2) is 38.7 Å². The molecule has 1 aliphatic carbocycles. The first-order chi connectivity index (χ1) is 20.2. The van der Waals surface area contributed by atoms with Gasteiger partial charge in [0.2, 0.25) is 5.91 Å². The van der Waals surface area contributed by atoms with Gasteiger partial charge in [-0.3, -0.25) is 9.48 Å². The third kappa shape index (κ3) is 6.25. The average Bonchev–Trinajstić information content (AvgIpc) is 3.67. The summed E-state index contributed by atoms with van der Waals surface area (Å²) in [5.74, 6) is 0.417. The number of hydrogen-bond acceptors (Lipinski definition) is 3. The van der Waals surface area contributed by atoms with Crippen molar-refractivity contribution in [2.24, 2.45) is 5.92 Å². The third-order valence-corrected chi connectivity index (χ3v) is 8.22. The molecule has 0 bridgehead atoms. The number of hydrogen-bond donors (Lipinski definition) is 2. The fourth-order valence-corrected chi connectivity index (χ4v) is 5.98. The van der Waals surface area contributed by atoms with E-state index in [1.165, 1.54) is 16.7 Å². The number of carbonyl (C=O) groups excluding carboxylic acids is 2. The average molecular weight is 562 g/mol. The second-order valence-corrected chi connectivity index (χ2v) is 12.6. The van der Waals surface area contributed by atoms with Crippen LogP contribution < -0.4 is 10.6 Å². The van der Waals surface area contributed by atoms with Crippen LogP contribution in [0, 0.1) is 5.92 Å². The lowest BCUT2D eigenvalue weighted by atomic mass is 9.88. The van der Waals surface area contributed by atoms with E-state index in [0.29, 0.717) is 32.1 Å². The summed E-state index contributed by atoms with van der Waals surface area (Å²) in [6.07, 6.45) is 5.66. The summed E-state index contributed by atoms with van der Waals surface area (Å²) >= 11 is 0. The molecule has 0 radical (unpaired) electrons. The number of carbonyl (C=O) groups is 2. The molecule has 7 heteroatoms. The number of aromatic nitrogens is 2. The van der Waals surface area contributed by atoms with E-state index in [1.54, 1.807) is 0 Å². The zero-order valence-electron chi connectivity index (χ0n) is 24.6. The van der Waals surface area contributed by atoms with Crippen LogP contribution in [0.1, 0.15) is 60.9 Å². The molecule has 2 aliphatic rings. The van der Waals surface area contributed by atoms with Crippen molar-refractivity contribution in [3.8, 4) is 11.1 Å². The first-order valence-electron chi connectivity index (χ1n) is 14.9. The maximum atomic E-state index is 13.1. The van der Waals surface area contributed by atoms with Crippen LogP contribution in [0.5, 0.6) is 0 Å². The first-order valence-corrected chi connectivity index (χ1v) is 14.9. The normalized spacial score (nSPS) is 17.8. The molecule has 0 spiro atoms. The summed E-state index contributed by atoms with van der Waals surface area (Å²) in [6.45, 7) is 8.28. The van der Waals surface area contributed by atoms with E-state index in [0.717, 1.165) is 35.1 Å². The molecule has 42 heavy (non-hydrogen) atoms. The van der Waals surface area contributed by atoms with Crippen LogP contribution in [0.15, 0.2) is 85.2 Å². The Morgan fingerprint density at radius 2 is 1.69 bits per heavy atom. The minimum Gasteiger partial charge on any atom is -0.352 e. The Hall–Kier alpha value is -4.39. The van der Waals surface area contributed by atoms with Gasteiger partial charge in [0, 0.05) is 42.9 Å². The van der Waals surface area contributed by atoms with Crippen molar-refractivity contribution >= 4 is 11.9 Å². The lowest BCUT2D eigenvalue weighted by Crippen LogP contribution is -2.50. The Morgan fingerprint density at radius 1 is 0.952 bits per heavy atom. The molecule has 4 aromatic rings. The zero-order valence-corrected chi connectivity index (χ0v) is 24.6. The predicted molar refractivity (Wildman–Crippen MR) is 165 cm³/mol. The molecule has 7 nitrogen and oxygen atoms in total. The molecule has 0 saturated heterocycles. The Balaban J connectivity index is 1.23. The number of rotatable bonds is 7. The Labute approximate surface area is 247 Å². The van der Waals surface area contributed by atoms with Crippen LogP contribution in [0.4, 0.5) is 4.79 Å². The summed E-state index contributed by atoms with van der Waals surface area (Å²) in [4.78, 5) is 28.1. The van der Waals surface area contributed by atoms with Gasteiger partial charge in [-0.15, -0.1) is 0 Å². The molecule has 1 aromatic heterocycles. The smallest absolute Gasteiger partial charge is 0.318 e. The largest absolute Gasteiger partial charge is 0.352 e. The molecule has 2 atom stereocenters. The minimum absolute atomic E-state index is 0.0204. The summed E-state index contributed by atoms with van der Waals surface area (Å²) in [5, 5.41) is 11.0. The van der Waals surface area contributed by atoms with Crippen LogP contribution in [-0.2, 0) is 30.8 Å². The Morgan fingerprint density at radius 3 is 2.43 bits per heavy atom. The van der Waals surface area contributed by atoms with E-state index >= 15 is 0 Å². The third-order valence-electron chi connectivity index (χ3n) is 8.22. The fraction of sp³-hybridized carbons (Fsp3) is 0.343. The van der Waals surface area contributed by atoms with Crippen LogP contribution in [0.25, 0.3) is 11.1 Å². The van der Waals surface area contributed by atoms with E-state index in [-0.39, 0.29) is 23.4 Å².